The Kier molecular flexibility index (Phi) is 3.26. The summed E-state index contributed by atoms with van der Waals surface area (Å²) in [5.41, 5.74) is 6.09. The van der Waals surface area contributed by atoms with Crippen molar-refractivity contribution < 1.29 is 4.39 Å². The molecule has 0 spiro atoms. The zero-order valence-corrected chi connectivity index (χ0v) is 9.62. The molecule has 1 aromatic carbocycles. The number of hydrogen-bond donors (Lipinski definition) is 1. The summed E-state index contributed by atoms with van der Waals surface area (Å²) in [7, 11) is 0. The van der Waals surface area contributed by atoms with E-state index in [1.807, 2.05) is 0 Å². The maximum atomic E-state index is 13.2. The number of rotatable bonds is 1. The summed E-state index contributed by atoms with van der Waals surface area (Å²) < 4.78 is 14.6. The van der Waals surface area contributed by atoms with E-state index in [-0.39, 0.29) is 11.9 Å². The third-order valence-electron chi connectivity index (χ3n) is 1.50. The lowest BCUT2D eigenvalue weighted by molar-refractivity contribution is 0.591. The van der Waals surface area contributed by atoms with E-state index >= 15 is 0 Å². The second-order valence-corrected chi connectivity index (χ2v) is 4.34. The highest BCUT2D eigenvalue weighted by Crippen LogP contribution is 2.28. The Morgan fingerprint density at radius 3 is 2.42 bits per heavy atom. The fourth-order valence-corrected chi connectivity index (χ4v) is 2.52. The van der Waals surface area contributed by atoms with Gasteiger partial charge in [0, 0.05) is 20.6 Å². The van der Waals surface area contributed by atoms with Crippen LogP contribution in [0.2, 0.25) is 0 Å². The van der Waals surface area contributed by atoms with Crippen LogP contribution in [0.5, 0.6) is 0 Å². The summed E-state index contributed by atoms with van der Waals surface area (Å²) in [5, 5.41) is 0. The van der Waals surface area contributed by atoms with E-state index in [2.05, 4.69) is 31.9 Å². The van der Waals surface area contributed by atoms with E-state index in [9.17, 15) is 4.39 Å². The SMILES string of the molecule is CC(N)c1c(F)cc(Br)cc1Br. The quantitative estimate of drug-likeness (QED) is 0.845. The van der Waals surface area contributed by atoms with Crippen molar-refractivity contribution in [2.24, 2.45) is 5.73 Å². The van der Waals surface area contributed by atoms with Crippen molar-refractivity contribution in [2.45, 2.75) is 13.0 Å². The summed E-state index contributed by atoms with van der Waals surface area (Å²) in [5.74, 6) is -0.286. The molecule has 0 radical (unpaired) electrons. The standard InChI is InChI=1S/C8H8Br2FN/c1-4(12)8-6(10)2-5(9)3-7(8)11/h2-4H,12H2,1H3. The van der Waals surface area contributed by atoms with E-state index in [0.717, 1.165) is 0 Å². The van der Waals surface area contributed by atoms with Crippen LogP contribution in [0, 0.1) is 5.82 Å². The van der Waals surface area contributed by atoms with Gasteiger partial charge in [-0.1, -0.05) is 31.9 Å². The molecule has 0 fully saturated rings. The van der Waals surface area contributed by atoms with Crippen molar-refractivity contribution in [1.29, 1.82) is 0 Å². The van der Waals surface area contributed by atoms with E-state index in [0.29, 0.717) is 14.5 Å². The molecule has 0 saturated carbocycles. The van der Waals surface area contributed by atoms with Gasteiger partial charge in [-0.15, -0.1) is 0 Å². The van der Waals surface area contributed by atoms with Crippen molar-refractivity contribution in [2.75, 3.05) is 0 Å². The van der Waals surface area contributed by atoms with Crippen LogP contribution in [0.15, 0.2) is 21.1 Å². The van der Waals surface area contributed by atoms with Crippen LogP contribution >= 0.6 is 31.9 Å². The first-order valence-electron chi connectivity index (χ1n) is 3.42. The molecule has 1 nitrogen and oxygen atoms in total. The van der Waals surface area contributed by atoms with Gasteiger partial charge in [0.25, 0.3) is 0 Å². The third kappa shape index (κ3) is 2.06. The minimum Gasteiger partial charge on any atom is -0.324 e. The molecule has 0 aliphatic heterocycles. The normalized spacial score (nSPS) is 13.1. The Labute approximate surface area is 87.4 Å². The van der Waals surface area contributed by atoms with Crippen molar-refractivity contribution in [1.82, 2.24) is 0 Å². The van der Waals surface area contributed by atoms with Crippen LogP contribution in [0.3, 0.4) is 0 Å². The Hall–Kier alpha value is 0.0700. The molecule has 4 heteroatoms. The number of nitrogens with two attached hydrogens (primary N) is 1. The van der Waals surface area contributed by atoms with Crippen LogP contribution in [0.4, 0.5) is 4.39 Å². The molecule has 0 aromatic heterocycles. The van der Waals surface area contributed by atoms with Crippen LogP contribution in [0.25, 0.3) is 0 Å². The second-order valence-electron chi connectivity index (χ2n) is 2.57. The summed E-state index contributed by atoms with van der Waals surface area (Å²) in [6.07, 6.45) is 0. The molecule has 12 heavy (non-hydrogen) atoms. The fraction of sp³-hybridized carbons (Fsp3) is 0.250. The Morgan fingerprint density at radius 2 is 2.00 bits per heavy atom. The van der Waals surface area contributed by atoms with Gasteiger partial charge in [-0.2, -0.15) is 0 Å². The van der Waals surface area contributed by atoms with Gasteiger partial charge >= 0.3 is 0 Å². The Balaban J connectivity index is 3.28. The largest absolute Gasteiger partial charge is 0.324 e. The topological polar surface area (TPSA) is 26.0 Å². The molecule has 0 aliphatic carbocycles. The van der Waals surface area contributed by atoms with E-state index in [1.54, 1.807) is 13.0 Å². The van der Waals surface area contributed by atoms with E-state index in [4.69, 9.17) is 5.73 Å². The molecule has 0 heterocycles. The predicted molar refractivity (Wildman–Crippen MR) is 54.4 cm³/mol. The molecule has 1 atom stereocenters. The molecule has 1 rings (SSSR count). The molecule has 1 aromatic rings. The fourth-order valence-electron chi connectivity index (χ4n) is 0.988. The van der Waals surface area contributed by atoms with E-state index < -0.39 is 0 Å². The van der Waals surface area contributed by atoms with Gasteiger partial charge in [-0.3, -0.25) is 0 Å². The van der Waals surface area contributed by atoms with Crippen LogP contribution in [-0.2, 0) is 0 Å². The molecular weight excluding hydrogens is 289 g/mol. The van der Waals surface area contributed by atoms with Crippen molar-refractivity contribution in [3.8, 4) is 0 Å². The predicted octanol–water partition coefficient (Wildman–Crippen LogP) is 3.37. The Bertz CT molecular complexity index is 276. The lowest BCUT2D eigenvalue weighted by Crippen LogP contribution is -2.08. The summed E-state index contributed by atoms with van der Waals surface area (Å²) >= 11 is 6.43. The molecule has 0 aliphatic rings. The molecular formula is C8H8Br2FN. The summed E-state index contributed by atoms with van der Waals surface area (Å²) in [6.45, 7) is 1.75. The van der Waals surface area contributed by atoms with Crippen molar-refractivity contribution in [3.05, 3.63) is 32.5 Å². The van der Waals surface area contributed by atoms with Gasteiger partial charge in [0.2, 0.25) is 0 Å². The van der Waals surface area contributed by atoms with Gasteiger partial charge in [-0.05, 0) is 19.1 Å². The maximum absolute atomic E-state index is 13.2. The molecule has 0 saturated heterocycles. The van der Waals surface area contributed by atoms with Crippen LogP contribution < -0.4 is 5.73 Å². The minimum absolute atomic E-state index is 0.286. The zero-order valence-electron chi connectivity index (χ0n) is 6.44. The highest BCUT2D eigenvalue weighted by Gasteiger charge is 2.11. The monoisotopic (exact) mass is 295 g/mol. The first kappa shape index (κ1) is 10.2. The number of benzene rings is 1. The molecule has 0 amide bonds. The number of halogens is 3. The van der Waals surface area contributed by atoms with Crippen molar-refractivity contribution >= 4 is 31.9 Å². The van der Waals surface area contributed by atoms with Gasteiger partial charge < -0.3 is 5.73 Å². The van der Waals surface area contributed by atoms with Gasteiger partial charge in [-0.25, -0.2) is 4.39 Å². The smallest absolute Gasteiger partial charge is 0.130 e. The van der Waals surface area contributed by atoms with Gasteiger partial charge in [0.15, 0.2) is 0 Å². The number of hydrogen-bond acceptors (Lipinski definition) is 1. The van der Waals surface area contributed by atoms with Crippen LogP contribution in [0.1, 0.15) is 18.5 Å². The third-order valence-corrected chi connectivity index (χ3v) is 2.61. The van der Waals surface area contributed by atoms with Gasteiger partial charge in [0.05, 0.1) is 0 Å². The highest BCUT2D eigenvalue weighted by molar-refractivity contribution is 9.11. The van der Waals surface area contributed by atoms with Gasteiger partial charge in [0.1, 0.15) is 5.82 Å². The summed E-state index contributed by atoms with van der Waals surface area (Å²) in [4.78, 5) is 0. The molecule has 66 valence electrons. The lowest BCUT2D eigenvalue weighted by Gasteiger charge is -2.09. The average Bonchev–Trinajstić information content (AvgIpc) is 1.82. The van der Waals surface area contributed by atoms with E-state index in [1.165, 1.54) is 6.07 Å². The first-order valence-corrected chi connectivity index (χ1v) is 5.01. The lowest BCUT2D eigenvalue weighted by atomic mass is 10.1. The first-order chi connectivity index (χ1) is 5.52. The van der Waals surface area contributed by atoms with Crippen LogP contribution in [-0.4, -0.2) is 0 Å². The molecule has 0 bridgehead atoms. The average molecular weight is 297 g/mol. The highest BCUT2D eigenvalue weighted by atomic mass is 79.9. The minimum atomic E-state index is -0.299. The Morgan fingerprint density at radius 1 is 1.42 bits per heavy atom. The summed E-state index contributed by atoms with van der Waals surface area (Å²) in [6, 6.07) is 2.89. The molecule has 1 unspecified atom stereocenters. The zero-order chi connectivity index (χ0) is 9.30. The molecule has 2 N–H and O–H groups in total. The second kappa shape index (κ2) is 3.85. The van der Waals surface area contributed by atoms with Crippen molar-refractivity contribution in [3.63, 3.8) is 0 Å². The maximum Gasteiger partial charge on any atom is 0.130 e.